The molecule has 0 amide bonds. The molecule has 1 aromatic heterocycles. The number of hydrogen-bond acceptors (Lipinski definition) is 5. The standard InChI is InChI=1S/C15H17BrO2S.C6H12O2/c1-10-4-3-7-15(18,8-11(10)2)14-6-5-13(19-14)12(17)9-16;1-5(7)8-6(2,3)4/h3,5-6,11,18H,7-9H2,1-2H3;1-4H3. The summed E-state index contributed by atoms with van der Waals surface area (Å²) in [7, 11) is 0. The molecule has 0 radical (unpaired) electrons. The van der Waals surface area contributed by atoms with Crippen molar-refractivity contribution in [1.29, 1.82) is 0 Å². The van der Waals surface area contributed by atoms with Crippen LogP contribution in [0.1, 0.15) is 68.9 Å². The molecule has 2 unspecified atom stereocenters. The van der Waals surface area contributed by atoms with Crippen LogP contribution in [0.2, 0.25) is 0 Å². The van der Waals surface area contributed by atoms with Crippen LogP contribution in [-0.4, -0.2) is 27.8 Å². The van der Waals surface area contributed by atoms with Gasteiger partial charge in [0.25, 0.3) is 0 Å². The van der Waals surface area contributed by atoms with Crippen LogP contribution in [-0.2, 0) is 15.1 Å². The Kier molecular flexibility index (Phi) is 8.68. The van der Waals surface area contributed by atoms with Crippen LogP contribution in [0, 0.1) is 5.92 Å². The number of ketones is 1. The summed E-state index contributed by atoms with van der Waals surface area (Å²) in [5.41, 5.74) is 3.19. The van der Waals surface area contributed by atoms with Gasteiger partial charge in [-0.2, -0.15) is 0 Å². The quantitative estimate of drug-likeness (QED) is 0.286. The zero-order valence-electron chi connectivity index (χ0n) is 16.9. The highest BCUT2D eigenvalue weighted by Gasteiger charge is 2.33. The lowest BCUT2D eigenvalue weighted by Crippen LogP contribution is -2.26. The summed E-state index contributed by atoms with van der Waals surface area (Å²) in [4.78, 5) is 23.5. The molecule has 1 aromatic rings. The molecule has 0 saturated carbocycles. The number of aliphatic hydroxyl groups is 1. The minimum Gasteiger partial charge on any atom is -0.460 e. The van der Waals surface area contributed by atoms with Gasteiger partial charge in [-0.3, -0.25) is 9.59 Å². The summed E-state index contributed by atoms with van der Waals surface area (Å²) < 4.78 is 4.80. The first-order chi connectivity index (χ1) is 12.4. The first-order valence-corrected chi connectivity index (χ1v) is 10.8. The van der Waals surface area contributed by atoms with Crippen molar-refractivity contribution in [2.24, 2.45) is 5.92 Å². The van der Waals surface area contributed by atoms with Gasteiger partial charge in [-0.15, -0.1) is 17.1 Å². The summed E-state index contributed by atoms with van der Waals surface area (Å²) in [5, 5.41) is 11.2. The SMILES string of the molecule is CC(=O)OC(C)(C)C.CC1=C=CCC(O)(c2ccc(C(=O)CBr)s2)CC1C. The van der Waals surface area contributed by atoms with Gasteiger partial charge in [-0.1, -0.05) is 22.9 Å². The molecule has 1 N–H and O–H groups in total. The highest BCUT2D eigenvalue weighted by molar-refractivity contribution is 9.09. The number of Topliss-reactive ketones (excluding diaryl/α,β-unsaturated/α-hetero) is 1. The van der Waals surface area contributed by atoms with Crippen LogP contribution in [0.5, 0.6) is 0 Å². The Morgan fingerprint density at radius 2 is 2.04 bits per heavy atom. The summed E-state index contributed by atoms with van der Waals surface area (Å²) in [5.74, 6) is 0.130. The van der Waals surface area contributed by atoms with E-state index in [0.717, 1.165) is 4.88 Å². The highest BCUT2D eigenvalue weighted by Crippen LogP contribution is 2.39. The third-order valence-corrected chi connectivity index (χ3v) is 5.89. The van der Waals surface area contributed by atoms with Gasteiger partial charge in [0.05, 0.1) is 10.2 Å². The second-order valence-electron chi connectivity index (χ2n) is 7.80. The Morgan fingerprint density at radius 3 is 2.52 bits per heavy atom. The first-order valence-electron chi connectivity index (χ1n) is 8.91. The zero-order chi connectivity index (χ0) is 20.8. The van der Waals surface area contributed by atoms with Gasteiger partial charge >= 0.3 is 5.97 Å². The lowest BCUT2D eigenvalue weighted by Gasteiger charge is -2.27. The molecule has 0 saturated heterocycles. The molecule has 1 aliphatic rings. The molecule has 1 heterocycles. The largest absolute Gasteiger partial charge is 0.460 e. The first kappa shape index (κ1) is 23.8. The van der Waals surface area contributed by atoms with Crippen LogP contribution >= 0.6 is 27.3 Å². The van der Waals surface area contributed by atoms with E-state index in [1.54, 1.807) is 6.07 Å². The van der Waals surface area contributed by atoms with Gasteiger partial charge in [0.15, 0.2) is 5.78 Å². The van der Waals surface area contributed by atoms with Crippen molar-refractivity contribution < 1.29 is 19.4 Å². The lowest BCUT2D eigenvalue weighted by atomic mass is 9.86. The van der Waals surface area contributed by atoms with Crippen molar-refractivity contribution >= 4 is 39.0 Å². The Bertz CT molecular complexity index is 738. The fraction of sp³-hybridized carbons (Fsp3) is 0.571. The fourth-order valence-electron chi connectivity index (χ4n) is 2.70. The maximum Gasteiger partial charge on any atom is 0.303 e. The predicted molar refractivity (Wildman–Crippen MR) is 114 cm³/mol. The summed E-state index contributed by atoms with van der Waals surface area (Å²) in [6.45, 7) is 11.1. The second kappa shape index (κ2) is 9.83. The van der Waals surface area contributed by atoms with Crippen LogP contribution < -0.4 is 0 Å². The normalized spacial score (nSPS) is 22.2. The number of alkyl halides is 1. The number of hydrogen-bond donors (Lipinski definition) is 1. The number of rotatable bonds is 3. The summed E-state index contributed by atoms with van der Waals surface area (Å²) >= 11 is 4.57. The molecule has 0 bridgehead atoms. The molecular weight excluding hydrogens is 428 g/mol. The van der Waals surface area contributed by atoms with E-state index in [0.29, 0.717) is 29.0 Å². The predicted octanol–water partition coefficient (Wildman–Crippen LogP) is 5.39. The number of esters is 1. The molecule has 2 atom stereocenters. The van der Waals surface area contributed by atoms with Gasteiger partial charge in [0.2, 0.25) is 0 Å². The van der Waals surface area contributed by atoms with E-state index < -0.39 is 5.60 Å². The molecule has 6 heteroatoms. The van der Waals surface area contributed by atoms with Crippen molar-refractivity contribution in [3.8, 4) is 0 Å². The zero-order valence-corrected chi connectivity index (χ0v) is 19.3. The van der Waals surface area contributed by atoms with E-state index in [1.165, 1.54) is 23.8 Å². The average molecular weight is 457 g/mol. The number of thiophene rings is 1. The van der Waals surface area contributed by atoms with E-state index in [9.17, 15) is 14.7 Å². The third-order valence-electron chi connectivity index (χ3n) is 4.06. The molecule has 150 valence electrons. The molecule has 0 spiro atoms. The number of ether oxygens (including phenoxy) is 1. The average Bonchev–Trinajstić information content (AvgIpc) is 2.98. The lowest BCUT2D eigenvalue weighted by molar-refractivity contribution is -0.151. The third kappa shape index (κ3) is 7.74. The molecule has 0 aromatic carbocycles. The highest BCUT2D eigenvalue weighted by atomic mass is 79.9. The van der Waals surface area contributed by atoms with E-state index in [2.05, 4.69) is 28.6 Å². The van der Waals surface area contributed by atoms with Gasteiger partial charge in [0.1, 0.15) is 11.2 Å². The van der Waals surface area contributed by atoms with Crippen molar-refractivity contribution in [1.82, 2.24) is 0 Å². The molecule has 2 rings (SSSR count). The van der Waals surface area contributed by atoms with Crippen molar-refractivity contribution in [3.63, 3.8) is 0 Å². The minimum atomic E-state index is -0.875. The van der Waals surface area contributed by atoms with E-state index >= 15 is 0 Å². The van der Waals surface area contributed by atoms with Gasteiger partial charge in [0, 0.05) is 18.2 Å². The van der Waals surface area contributed by atoms with Crippen LogP contribution in [0.25, 0.3) is 0 Å². The molecule has 0 fully saturated rings. The summed E-state index contributed by atoms with van der Waals surface area (Å²) in [6.07, 6.45) is 3.13. The van der Waals surface area contributed by atoms with Crippen LogP contribution in [0.15, 0.2) is 29.5 Å². The maximum absolute atomic E-state index is 11.7. The Labute approximate surface area is 174 Å². The van der Waals surface area contributed by atoms with Gasteiger partial charge in [-0.05, 0) is 63.8 Å². The minimum absolute atomic E-state index is 0.0615. The van der Waals surface area contributed by atoms with Crippen molar-refractivity contribution in [2.75, 3.05) is 5.33 Å². The Hall–Kier alpha value is -1.20. The Morgan fingerprint density at radius 1 is 1.41 bits per heavy atom. The molecule has 27 heavy (non-hydrogen) atoms. The maximum atomic E-state index is 11.7. The fourth-order valence-corrected chi connectivity index (χ4v) is 4.24. The van der Waals surface area contributed by atoms with Crippen LogP contribution in [0.4, 0.5) is 0 Å². The number of halogens is 1. The molecule has 1 aliphatic carbocycles. The number of carbonyl (C=O) groups is 2. The van der Waals surface area contributed by atoms with Crippen LogP contribution in [0.3, 0.4) is 0 Å². The van der Waals surface area contributed by atoms with E-state index in [-0.39, 0.29) is 17.4 Å². The smallest absolute Gasteiger partial charge is 0.303 e. The molecular formula is C21H29BrO4S. The van der Waals surface area contributed by atoms with Gasteiger partial charge < -0.3 is 9.84 Å². The topological polar surface area (TPSA) is 63.6 Å². The summed E-state index contributed by atoms with van der Waals surface area (Å²) in [6, 6.07) is 3.68. The van der Waals surface area contributed by atoms with Crippen molar-refractivity contribution in [3.05, 3.63) is 39.3 Å². The van der Waals surface area contributed by atoms with E-state index in [4.69, 9.17) is 4.74 Å². The second-order valence-corrected chi connectivity index (χ2v) is 9.44. The van der Waals surface area contributed by atoms with Crippen molar-refractivity contribution in [2.45, 2.75) is 65.6 Å². The number of carbonyl (C=O) groups excluding carboxylic acids is 2. The van der Waals surface area contributed by atoms with E-state index in [1.807, 2.05) is 39.8 Å². The Balaban J connectivity index is 0.000000387. The molecule has 0 aliphatic heterocycles. The monoisotopic (exact) mass is 456 g/mol. The van der Waals surface area contributed by atoms with Gasteiger partial charge in [-0.25, -0.2) is 0 Å². The molecule has 4 nitrogen and oxygen atoms in total.